The minimum atomic E-state index is -0.670. The van der Waals surface area contributed by atoms with Gasteiger partial charge in [0.05, 0.1) is 19.8 Å². The SMILES string of the molecule is COc1ccc(OC)c(C(=O)NCC(C)(C)/C(N)=N/O)c1. The van der Waals surface area contributed by atoms with Crippen LogP contribution in [0.3, 0.4) is 0 Å². The van der Waals surface area contributed by atoms with E-state index in [-0.39, 0.29) is 18.3 Å². The van der Waals surface area contributed by atoms with Crippen LogP contribution in [0.15, 0.2) is 23.4 Å². The van der Waals surface area contributed by atoms with Gasteiger partial charge in [0, 0.05) is 12.0 Å². The number of nitrogens with zero attached hydrogens (tertiary/aromatic N) is 1. The first-order valence-electron chi connectivity index (χ1n) is 6.34. The van der Waals surface area contributed by atoms with Crippen molar-refractivity contribution in [3.8, 4) is 11.5 Å². The highest BCUT2D eigenvalue weighted by Gasteiger charge is 2.25. The molecule has 0 fully saturated rings. The second-order valence-electron chi connectivity index (χ2n) is 5.12. The van der Waals surface area contributed by atoms with E-state index in [1.54, 1.807) is 32.0 Å². The number of benzene rings is 1. The summed E-state index contributed by atoms with van der Waals surface area (Å²) in [5, 5.41) is 14.4. The molecule has 1 amide bonds. The quantitative estimate of drug-likeness (QED) is 0.316. The largest absolute Gasteiger partial charge is 0.497 e. The standard InChI is InChI=1S/C14H21N3O4/c1-14(2,13(15)17-19)8-16-12(18)10-7-9(20-3)5-6-11(10)21-4/h5-7,19H,8H2,1-4H3,(H2,15,17)(H,16,18). The molecule has 0 saturated heterocycles. The molecular weight excluding hydrogens is 274 g/mol. The fourth-order valence-electron chi connectivity index (χ4n) is 1.61. The van der Waals surface area contributed by atoms with Crippen LogP contribution in [0.5, 0.6) is 11.5 Å². The highest BCUT2D eigenvalue weighted by molar-refractivity contribution is 5.98. The molecule has 21 heavy (non-hydrogen) atoms. The highest BCUT2D eigenvalue weighted by Crippen LogP contribution is 2.24. The van der Waals surface area contributed by atoms with Gasteiger partial charge >= 0.3 is 0 Å². The van der Waals surface area contributed by atoms with E-state index in [4.69, 9.17) is 20.4 Å². The van der Waals surface area contributed by atoms with Crippen molar-refractivity contribution in [1.82, 2.24) is 5.32 Å². The van der Waals surface area contributed by atoms with Gasteiger partial charge in [0.2, 0.25) is 0 Å². The number of hydrogen-bond acceptors (Lipinski definition) is 5. The molecule has 0 saturated carbocycles. The molecule has 0 atom stereocenters. The lowest BCUT2D eigenvalue weighted by Gasteiger charge is -2.23. The molecule has 0 aliphatic carbocycles. The zero-order chi connectivity index (χ0) is 16.0. The number of ether oxygens (including phenoxy) is 2. The maximum absolute atomic E-state index is 12.3. The first-order valence-corrected chi connectivity index (χ1v) is 6.34. The number of hydrogen-bond donors (Lipinski definition) is 3. The van der Waals surface area contributed by atoms with Crippen LogP contribution < -0.4 is 20.5 Å². The van der Waals surface area contributed by atoms with E-state index >= 15 is 0 Å². The number of nitrogens with one attached hydrogen (secondary N) is 1. The van der Waals surface area contributed by atoms with E-state index in [1.165, 1.54) is 14.2 Å². The Morgan fingerprint density at radius 3 is 2.57 bits per heavy atom. The zero-order valence-electron chi connectivity index (χ0n) is 12.6. The molecule has 0 aliphatic rings. The maximum atomic E-state index is 12.3. The number of nitrogens with two attached hydrogens (primary N) is 1. The molecule has 0 aromatic heterocycles. The number of rotatable bonds is 6. The predicted molar refractivity (Wildman–Crippen MR) is 79.1 cm³/mol. The van der Waals surface area contributed by atoms with Crippen LogP contribution in [-0.4, -0.2) is 37.7 Å². The smallest absolute Gasteiger partial charge is 0.255 e. The number of oxime groups is 1. The summed E-state index contributed by atoms with van der Waals surface area (Å²) in [5.41, 5.74) is 5.27. The van der Waals surface area contributed by atoms with Crippen LogP contribution >= 0.6 is 0 Å². The van der Waals surface area contributed by atoms with Crippen molar-refractivity contribution in [1.29, 1.82) is 0 Å². The van der Waals surface area contributed by atoms with E-state index in [9.17, 15) is 4.79 Å². The third-order valence-electron chi connectivity index (χ3n) is 3.14. The van der Waals surface area contributed by atoms with Gasteiger partial charge < -0.3 is 25.7 Å². The van der Waals surface area contributed by atoms with Gasteiger partial charge in [0.15, 0.2) is 0 Å². The van der Waals surface area contributed by atoms with Crippen molar-refractivity contribution in [2.24, 2.45) is 16.3 Å². The number of amidine groups is 1. The van der Waals surface area contributed by atoms with E-state index in [0.29, 0.717) is 17.1 Å². The van der Waals surface area contributed by atoms with Crippen LogP contribution in [0.4, 0.5) is 0 Å². The molecule has 0 bridgehead atoms. The van der Waals surface area contributed by atoms with Gasteiger partial charge in [-0.1, -0.05) is 19.0 Å². The Kier molecular flexibility index (Phi) is 5.40. The molecule has 0 radical (unpaired) electrons. The lowest BCUT2D eigenvalue weighted by Crippen LogP contribution is -2.42. The van der Waals surface area contributed by atoms with E-state index in [1.807, 2.05) is 0 Å². The lowest BCUT2D eigenvalue weighted by atomic mass is 9.92. The summed E-state index contributed by atoms with van der Waals surface area (Å²) in [6.07, 6.45) is 0. The minimum Gasteiger partial charge on any atom is -0.497 e. The van der Waals surface area contributed by atoms with Crippen LogP contribution in [0.2, 0.25) is 0 Å². The first kappa shape index (κ1) is 16.6. The van der Waals surface area contributed by atoms with Gasteiger partial charge in [0.25, 0.3) is 5.91 Å². The summed E-state index contributed by atoms with van der Waals surface area (Å²) in [4.78, 5) is 12.3. The Bertz CT molecular complexity index is 541. The summed E-state index contributed by atoms with van der Waals surface area (Å²) in [7, 11) is 3.00. The number of amides is 1. The van der Waals surface area contributed by atoms with Gasteiger partial charge in [-0.15, -0.1) is 0 Å². The summed E-state index contributed by atoms with van der Waals surface area (Å²) >= 11 is 0. The lowest BCUT2D eigenvalue weighted by molar-refractivity contribution is 0.0941. The van der Waals surface area contributed by atoms with Crippen molar-refractivity contribution in [2.75, 3.05) is 20.8 Å². The molecule has 1 rings (SSSR count). The van der Waals surface area contributed by atoms with Crippen LogP contribution in [-0.2, 0) is 0 Å². The summed E-state index contributed by atoms with van der Waals surface area (Å²) in [6, 6.07) is 4.95. The Labute approximate surface area is 123 Å². The number of carbonyl (C=O) groups is 1. The Morgan fingerprint density at radius 1 is 1.38 bits per heavy atom. The fraction of sp³-hybridized carbons (Fsp3) is 0.429. The van der Waals surface area contributed by atoms with Gasteiger partial charge in [-0.05, 0) is 18.2 Å². The van der Waals surface area contributed by atoms with Crippen LogP contribution in [0, 0.1) is 5.41 Å². The topological polar surface area (TPSA) is 106 Å². The van der Waals surface area contributed by atoms with Crippen molar-refractivity contribution >= 4 is 11.7 Å². The average Bonchev–Trinajstić information content (AvgIpc) is 2.50. The van der Waals surface area contributed by atoms with E-state index < -0.39 is 5.41 Å². The first-order chi connectivity index (χ1) is 9.85. The van der Waals surface area contributed by atoms with E-state index in [0.717, 1.165) is 0 Å². The molecule has 1 aromatic carbocycles. The molecule has 0 spiro atoms. The van der Waals surface area contributed by atoms with Crippen molar-refractivity contribution in [3.63, 3.8) is 0 Å². The third kappa shape index (κ3) is 4.01. The summed E-state index contributed by atoms with van der Waals surface area (Å²) < 4.78 is 10.3. The molecule has 1 aromatic rings. The molecule has 0 heterocycles. The normalized spacial score (nSPS) is 11.9. The number of methoxy groups -OCH3 is 2. The molecule has 7 heteroatoms. The molecule has 0 unspecified atom stereocenters. The zero-order valence-corrected chi connectivity index (χ0v) is 12.6. The van der Waals surface area contributed by atoms with Gasteiger partial charge in [-0.2, -0.15) is 0 Å². The Balaban J connectivity index is 2.89. The van der Waals surface area contributed by atoms with Gasteiger partial charge in [-0.25, -0.2) is 0 Å². The summed E-state index contributed by atoms with van der Waals surface area (Å²) in [6.45, 7) is 3.72. The van der Waals surface area contributed by atoms with Gasteiger partial charge in [-0.3, -0.25) is 4.79 Å². The van der Waals surface area contributed by atoms with Crippen LogP contribution in [0.1, 0.15) is 24.2 Å². The molecule has 0 aliphatic heterocycles. The average molecular weight is 295 g/mol. The monoisotopic (exact) mass is 295 g/mol. The minimum absolute atomic E-state index is 0.0420. The molecular formula is C14H21N3O4. The van der Waals surface area contributed by atoms with Crippen molar-refractivity contribution in [3.05, 3.63) is 23.8 Å². The van der Waals surface area contributed by atoms with E-state index in [2.05, 4.69) is 10.5 Å². The highest BCUT2D eigenvalue weighted by atomic mass is 16.5. The predicted octanol–water partition coefficient (Wildman–Crippen LogP) is 1.21. The second-order valence-corrected chi connectivity index (χ2v) is 5.12. The molecule has 7 nitrogen and oxygen atoms in total. The van der Waals surface area contributed by atoms with Crippen LogP contribution in [0.25, 0.3) is 0 Å². The molecule has 116 valence electrons. The summed E-state index contributed by atoms with van der Waals surface area (Å²) in [5.74, 6) is 0.705. The van der Waals surface area contributed by atoms with Crippen molar-refractivity contribution < 1.29 is 19.5 Å². The number of carbonyl (C=O) groups excluding carboxylic acids is 1. The maximum Gasteiger partial charge on any atom is 0.255 e. The molecule has 4 N–H and O–H groups in total. The second kappa shape index (κ2) is 6.83. The third-order valence-corrected chi connectivity index (χ3v) is 3.14. The Morgan fingerprint density at radius 2 is 2.05 bits per heavy atom. The fourth-order valence-corrected chi connectivity index (χ4v) is 1.61. The van der Waals surface area contributed by atoms with Gasteiger partial charge in [0.1, 0.15) is 17.3 Å². The van der Waals surface area contributed by atoms with Crippen molar-refractivity contribution in [2.45, 2.75) is 13.8 Å². The Hall–Kier alpha value is -2.44.